The standard InChI is InChI=1S/C8H8O/c1-6-2-3-7-4-9-5-8(6)7/h2-3,5H,4H2,1H3. The van der Waals surface area contributed by atoms with Crippen LogP contribution in [-0.4, -0.2) is 6.61 Å². The lowest BCUT2D eigenvalue weighted by Crippen LogP contribution is -1.82. The lowest BCUT2D eigenvalue weighted by Gasteiger charge is -1.91. The molecular formula is C8H8O. The third kappa shape index (κ3) is 0.545. The Morgan fingerprint density at radius 3 is 3.11 bits per heavy atom. The van der Waals surface area contributed by atoms with Gasteiger partial charge < -0.3 is 4.74 Å². The van der Waals surface area contributed by atoms with E-state index in [1.165, 1.54) is 16.7 Å². The first-order chi connectivity index (χ1) is 4.38. The molecule has 0 amide bonds. The highest BCUT2D eigenvalue weighted by Gasteiger charge is 2.16. The van der Waals surface area contributed by atoms with Gasteiger partial charge in [0, 0.05) is 5.57 Å². The number of fused-ring (bicyclic) bond motifs is 1. The van der Waals surface area contributed by atoms with E-state index in [4.69, 9.17) is 4.74 Å². The summed E-state index contributed by atoms with van der Waals surface area (Å²) in [5.41, 5.74) is 3.94. The Hall–Kier alpha value is -0.980. The molecule has 1 aliphatic carbocycles. The predicted molar refractivity (Wildman–Crippen MR) is 35.9 cm³/mol. The van der Waals surface area contributed by atoms with Crippen LogP contribution in [0.5, 0.6) is 0 Å². The highest BCUT2D eigenvalue weighted by molar-refractivity contribution is 5.55. The van der Waals surface area contributed by atoms with Crippen molar-refractivity contribution >= 4 is 0 Å². The van der Waals surface area contributed by atoms with Gasteiger partial charge in [-0.2, -0.15) is 0 Å². The Labute approximate surface area is 54.3 Å². The average Bonchev–Trinajstić information content (AvgIpc) is 2.35. The molecule has 0 fully saturated rings. The van der Waals surface area contributed by atoms with Crippen molar-refractivity contribution in [3.63, 3.8) is 0 Å². The molecule has 1 heteroatoms. The maximum Gasteiger partial charge on any atom is 0.113 e. The Bertz CT molecular complexity index is 231. The van der Waals surface area contributed by atoms with Gasteiger partial charge in [-0.25, -0.2) is 0 Å². The van der Waals surface area contributed by atoms with Gasteiger partial charge in [0.15, 0.2) is 0 Å². The van der Waals surface area contributed by atoms with Crippen molar-refractivity contribution < 1.29 is 4.74 Å². The molecule has 2 aliphatic rings. The van der Waals surface area contributed by atoms with E-state index < -0.39 is 0 Å². The fraction of sp³-hybridized carbons (Fsp3) is 0.250. The summed E-state index contributed by atoms with van der Waals surface area (Å²) in [5.74, 6) is 0. The van der Waals surface area contributed by atoms with Crippen LogP contribution in [0.25, 0.3) is 0 Å². The summed E-state index contributed by atoms with van der Waals surface area (Å²) >= 11 is 0. The molecule has 0 aromatic carbocycles. The summed E-state index contributed by atoms with van der Waals surface area (Å²) in [6, 6.07) is 0. The molecule has 0 atom stereocenters. The van der Waals surface area contributed by atoms with E-state index in [1.54, 1.807) is 0 Å². The molecule has 0 bridgehead atoms. The molecule has 0 aromatic heterocycles. The fourth-order valence-electron chi connectivity index (χ4n) is 1.17. The van der Waals surface area contributed by atoms with Crippen molar-refractivity contribution in [2.45, 2.75) is 6.92 Å². The number of rotatable bonds is 0. The van der Waals surface area contributed by atoms with Crippen molar-refractivity contribution in [1.29, 1.82) is 0 Å². The van der Waals surface area contributed by atoms with E-state index in [0.717, 1.165) is 6.61 Å². The summed E-state index contributed by atoms with van der Waals surface area (Å²) in [6.07, 6.45) is 6.09. The minimum absolute atomic E-state index is 0.767. The SMILES string of the molecule is CC1=CC=C2COC=C12. The smallest absolute Gasteiger partial charge is 0.113 e. The van der Waals surface area contributed by atoms with Crippen molar-refractivity contribution in [3.8, 4) is 0 Å². The van der Waals surface area contributed by atoms with E-state index in [2.05, 4.69) is 19.1 Å². The van der Waals surface area contributed by atoms with Gasteiger partial charge in [-0.05, 0) is 18.1 Å². The zero-order chi connectivity index (χ0) is 6.27. The van der Waals surface area contributed by atoms with E-state index in [1.807, 2.05) is 6.26 Å². The first-order valence-electron chi connectivity index (χ1n) is 3.08. The molecule has 2 rings (SSSR count). The van der Waals surface area contributed by atoms with E-state index in [9.17, 15) is 0 Å². The number of hydrogen-bond donors (Lipinski definition) is 0. The molecule has 46 valence electrons. The molecule has 1 heterocycles. The molecule has 0 N–H and O–H groups in total. The van der Waals surface area contributed by atoms with Crippen LogP contribution >= 0.6 is 0 Å². The van der Waals surface area contributed by atoms with Gasteiger partial charge in [-0.15, -0.1) is 0 Å². The number of allylic oxidation sites excluding steroid dienone is 3. The predicted octanol–water partition coefficient (Wildman–Crippen LogP) is 1.79. The molecule has 0 radical (unpaired) electrons. The second-order valence-electron chi connectivity index (χ2n) is 2.38. The third-order valence-corrected chi connectivity index (χ3v) is 1.75. The Kier molecular flexibility index (Phi) is 0.810. The van der Waals surface area contributed by atoms with Crippen molar-refractivity contribution in [2.24, 2.45) is 0 Å². The first-order valence-corrected chi connectivity index (χ1v) is 3.08. The summed E-state index contributed by atoms with van der Waals surface area (Å²) in [4.78, 5) is 0. The highest BCUT2D eigenvalue weighted by atomic mass is 16.5. The zero-order valence-corrected chi connectivity index (χ0v) is 5.35. The van der Waals surface area contributed by atoms with E-state index in [-0.39, 0.29) is 0 Å². The second kappa shape index (κ2) is 1.50. The highest BCUT2D eigenvalue weighted by Crippen LogP contribution is 2.29. The van der Waals surface area contributed by atoms with Crippen LogP contribution < -0.4 is 0 Å². The van der Waals surface area contributed by atoms with Gasteiger partial charge in [0.05, 0.1) is 6.26 Å². The minimum atomic E-state index is 0.767. The van der Waals surface area contributed by atoms with E-state index >= 15 is 0 Å². The lowest BCUT2D eigenvalue weighted by atomic mass is 10.1. The monoisotopic (exact) mass is 120 g/mol. The van der Waals surface area contributed by atoms with Gasteiger partial charge in [0.25, 0.3) is 0 Å². The van der Waals surface area contributed by atoms with Gasteiger partial charge in [-0.3, -0.25) is 0 Å². The van der Waals surface area contributed by atoms with Crippen LogP contribution in [0.15, 0.2) is 35.1 Å². The largest absolute Gasteiger partial charge is 0.496 e. The third-order valence-electron chi connectivity index (χ3n) is 1.75. The maximum absolute atomic E-state index is 5.11. The quantitative estimate of drug-likeness (QED) is 0.473. The summed E-state index contributed by atoms with van der Waals surface area (Å²) in [6.45, 7) is 2.87. The van der Waals surface area contributed by atoms with Crippen LogP contribution in [0.3, 0.4) is 0 Å². The Morgan fingerprint density at radius 1 is 1.44 bits per heavy atom. The zero-order valence-electron chi connectivity index (χ0n) is 5.35. The molecule has 1 nitrogen and oxygen atoms in total. The van der Waals surface area contributed by atoms with Gasteiger partial charge >= 0.3 is 0 Å². The first kappa shape index (κ1) is 4.86. The van der Waals surface area contributed by atoms with Crippen LogP contribution in [0.2, 0.25) is 0 Å². The van der Waals surface area contributed by atoms with Crippen LogP contribution in [-0.2, 0) is 4.74 Å². The average molecular weight is 120 g/mol. The summed E-state index contributed by atoms with van der Waals surface area (Å²) in [7, 11) is 0. The van der Waals surface area contributed by atoms with Crippen molar-refractivity contribution in [1.82, 2.24) is 0 Å². The van der Waals surface area contributed by atoms with Crippen LogP contribution in [0, 0.1) is 0 Å². The topological polar surface area (TPSA) is 9.23 Å². The Balaban J connectivity index is 2.46. The summed E-state index contributed by atoms with van der Waals surface area (Å²) in [5, 5.41) is 0. The molecule has 9 heavy (non-hydrogen) atoms. The molecule has 0 saturated carbocycles. The number of hydrogen-bond acceptors (Lipinski definition) is 1. The van der Waals surface area contributed by atoms with Gasteiger partial charge in [-0.1, -0.05) is 12.2 Å². The minimum Gasteiger partial charge on any atom is -0.496 e. The van der Waals surface area contributed by atoms with E-state index in [0.29, 0.717) is 0 Å². The molecule has 0 spiro atoms. The van der Waals surface area contributed by atoms with Gasteiger partial charge in [0.1, 0.15) is 6.61 Å². The van der Waals surface area contributed by atoms with Crippen LogP contribution in [0.4, 0.5) is 0 Å². The second-order valence-corrected chi connectivity index (χ2v) is 2.38. The maximum atomic E-state index is 5.11. The molecule has 1 aliphatic heterocycles. The van der Waals surface area contributed by atoms with Crippen molar-refractivity contribution in [3.05, 3.63) is 35.1 Å². The normalized spacial score (nSPS) is 22.1. The Morgan fingerprint density at radius 2 is 2.33 bits per heavy atom. The lowest BCUT2D eigenvalue weighted by molar-refractivity contribution is 0.301. The fourth-order valence-corrected chi connectivity index (χ4v) is 1.17. The molecule has 0 unspecified atom stereocenters. The van der Waals surface area contributed by atoms with Crippen LogP contribution in [0.1, 0.15) is 6.92 Å². The summed E-state index contributed by atoms with van der Waals surface area (Å²) < 4.78 is 5.11. The molecule has 0 saturated heterocycles. The number of ether oxygens (including phenoxy) is 1. The van der Waals surface area contributed by atoms with Crippen molar-refractivity contribution in [2.75, 3.05) is 6.61 Å². The molecular weight excluding hydrogens is 112 g/mol. The molecule has 0 aromatic rings. The van der Waals surface area contributed by atoms with Gasteiger partial charge in [0.2, 0.25) is 0 Å².